The first kappa shape index (κ1) is 12.6. The standard InChI is InChI=1S/C13H24N4/c1-12-3-7-16(10-13(12)9-14)5-2-6-17-8-4-15-11-17/h4,8,11-13H,2-3,5-7,9-10,14H2,1H3. The normalized spacial score (nSPS) is 26.2. The van der Waals surface area contributed by atoms with E-state index in [1.165, 1.54) is 32.5 Å². The van der Waals surface area contributed by atoms with Crippen molar-refractivity contribution >= 4 is 0 Å². The van der Waals surface area contributed by atoms with Crippen molar-refractivity contribution in [2.45, 2.75) is 26.3 Å². The number of imidazole rings is 1. The molecule has 1 aliphatic heterocycles. The Bertz CT molecular complexity index is 309. The zero-order valence-corrected chi connectivity index (χ0v) is 10.8. The van der Waals surface area contributed by atoms with Crippen molar-refractivity contribution in [2.24, 2.45) is 17.6 Å². The van der Waals surface area contributed by atoms with Crippen LogP contribution in [0.2, 0.25) is 0 Å². The Hall–Kier alpha value is -0.870. The molecular weight excluding hydrogens is 212 g/mol. The van der Waals surface area contributed by atoms with Gasteiger partial charge in [-0.25, -0.2) is 4.98 Å². The van der Waals surface area contributed by atoms with Gasteiger partial charge in [-0.2, -0.15) is 0 Å². The van der Waals surface area contributed by atoms with Crippen molar-refractivity contribution in [1.82, 2.24) is 14.5 Å². The zero-order valence-electron chi connectivity index (χ0n) is 10.8. The van der Waals surface area contributed by atoms with Gasteiger partial charge in [-0.05, 0) is 44.3 Å². The molecule has 2 rings (SSSR count). The van der Waals surface area contributed by atoms with Crippen LogP contribution in [0.5, 0.6) is 0 Å². The van der Waals surface area contributed by atoms with Crippen LogP contribution in [0, 0.1) is 11.8 Å². The largest absolute Gasteiger partial charge is 0.337 e. The van der Waals surface area contributed by atoms with Gasteiger partial charge < -0.3 is 15.2 Å². The van der Waals surface area contributed by atoms with E-state index < -0.39 is 0 Å². The summed E-state index contributed by atoms with van der Waals surface area (Å²) in [6.45, 7) is 7.84. The summed E-state index contributed by atoms with van der Waals surface area (Å²) in [5.74, 6) is 1.49. The lowest BCUT2D eigenvalue weighted by molar-refractivity contribution is 0.130. The molecule has 1 fully saturated rings. The Kier molecular flexibility index (Phi) is 4.57. The maximum absolute atomic E-state index is 5.82. The van der Waals surface area contributed by atoms with Crippen LogP contribution in [0.4, 0.5) is 0 Å². The molecule has 2 N–H and O–H groups in total. The molecule has 0 amide bonds. The summed E-state index contributed by atoms with van der Waals surface area (Å²) in [6, 6.07) is 0. The van der Waals surface area contributed by atoms with Gasteiger partial charge in [-0.1, -0.05) is 6.92 Å². The fourth-order valence-electron chi connectivity index (χ4n) is 2.63. The molecule has 2 unspecified atom stereocenters. The van der Waals surface area contributed by atoms with Gasteiger partial charge in [0.25, 0.3) is 0 Å². The highest BCUT2D eigenvalue weighted by Gasteiger charge is 2.24. The number of likely N-dealkylation sites (tertiary alicyclic amines) is 1. The Morgan fingerprint density at radius 2 is 2.29 bits per heavy atom. The average Bonchev–Trinajstić information content (AvgIpc) is 2.84. The smallest absolute Gasteiger partial charge is 0.0945 e. The molecule has 1 aromatic heterocycles. The SMILES string of the molecule is CC1CCN(CCCn2ccnc2)CC1CN. The number of hydrogen-bond donors (Lipinski definition) is 1. The molecule has 1 aliphatic rings. The summed E-state index contributed by atoms with van der Waals surface area (Å²) >= 11 is 0. The Morgan fingerprint density at radius 1 is 1.41 bits per heavy atom. The molecule has 0 saturated carbocycles. The highest BCUT2D eigenvalue weighted by atomic mass is 15.1. The molecular formula is C13H24N4. The van der Waals surface area contributed by atoms with Crippen LogP contribution in [0.25, 0.3) is 0 Å². The van der Waals surface area contributed by atoms with E-state index in [2.05, 4.69) is 21.4 Å². The van der Waals surface area contributed by atoms with Crippen LogP contribution < -0.4 is 5.73 Å². The summed E-state index contributed by atoms with van der Waals surface area (Å²) in [7, 11) is 0. The second-order valence-electron chi connectivity index (χ2n) is 5.22. The highest BCUT2D eigenvalue weighted by molar-refractivity contribution is 4.79. The van der Waals surface area contributed by atoms with Gasteiger partial charge in [0.1, 0.15) is 0 Å². The molecule has 17 heavy (non-hydrogen) atoms. The highest BCUT2D eigenvalue weighted by Crippen LogP contribution is 2.22. The van der Waals surface area contributed by atoms with Gasteiger partial charge in [-0.15, -0.1) is 0 Å². The van der Waals surface area contributed by atoms with E-state index in [1.807, 2.05) is 18.7 Å². The monoisotopic (exact) mass is 236 g/mol. The molecule has 96 valence electrons. The second kappa shape index (κ2) is 6.17. The van der Waals surface area contributed by atoms with Crippen LogP contribution in [-0.4, -0.2) is 40.6 Å². The van der Waals surface area contributed by atoms with Crippen molar-refractivity contribution in [3.63, 3.8) is 0 Å². The third-order valence-electron chi connectivity index (χ3n) is 3.95. The molecule has 4 nitrogen and oxygen atoms in total. The third-order valence-corrected chi connectivity index (χ3v) is 3.95. The van der Waals surface area contributed by atoms with Gasteiger partial charge >= 0.3 is 0 Å². The fourth-order valence-corrected chi connectivity index (χ4v) is 2.63. The number of rotatable bonds is 5. The maximum Gasteiger partial charge on any atom is 0.0945 e. The molecule has 1 aromatic rings. The van der Waals surface area contributed by atoms with Crippen molar-refractivity contribution < 1.29 is 0 Å². The topological polar surface area (TPSA) is 47.1 Å². The lowest BCUT2D eigenvalue weighted by Gasteiger charge is -2.36. The summed E-state index contributed by atoms with van der Waals surface area (Å²) in [5, 5.41) is 0. The minimum absolute atomic E-state index is 0.692. The summed E-state index contributed by atoms with van der Waals surface area (Å²) in [4.78, 5) is 6.62. The van der Waals surface area contributed by atoms with Crippen molar-refractivity contribution in [2.75, 3.05) is 26.2 Å². The summed E-state index contributed by atoms with van der Waals surface area (Å²) < 4.78 is 2.15. The maximum atomic E-state index is 5.82. The van der Waals surface area contributed by atoms with Crippen LogP contribution in [0.1, 0.15) is 19.8 Å². The lowest BCUT2D eigenvalue weighted by Crippen LogP contribution is -2.43. The number of nitrogens with zero attached hydrogens (tertiary/aromatic N) is 3. The third kappa shape index (κ3) is 3.54. The quantitative estimate of drug-likeness (QED) is 0.835. The van der Waals surface area contributed by atoms with Gasteiger partial charge in [0.2, 0.25) is 0 Å². The van der Waals surface area contributed by atoms with E-state index in [0.29, 0.717) is 5.92 Å². The molecule has 0 radical (unpaired) electrons. The average molecular weight is 236 g/mol. The van der Waals surface area contributed by atoms with Gasteiger partial charge in [-0.3, -0.25) is 0 Å². The molecule has 4 heteroatoms. The first-order valence-corrected chi connectivity index (χ1v) is 6.67. The van der Waals surface area contributed by atoms with E-state index in [0.717, 1.165) is 19.0 Å². The van der Waals surface area contributed by atoms with Crippen molar-refractivity contribution in [3.05, 3.63) is 18.7 Å². The fraction of sp³-hybridized carbons (Fsp3) is 0.769. The van der Waals surface area contributed by atoms with Crippen LogP contribution in [0.3, 0.4) is 0 Å². The van der Waals surface area contributed by atoms with E-state index in [4.69, 9.17) is 5.73 Å². The molecule has 0 bridgehead atoms. The van der Waals surface area contributed by atoms with Crippen molar-refractivity contribution in [3.8, 4) is 0 Å². The van der Waals surface area contributed by atoms with Crippen LogP contribution >= 0.6 is 0 Å². The van der Waals surface area contributed by atoms with Gasteiger partial charge in [0, 0.05) is 25.5 Å². The van der Waals surface area contributed by atoms with Crippen LogP contribution in [0.15, 0.2) is 18.7 Å². The molecule has 0 aliphatic carbocycles. The van der Waals surface area contributed by atoms with E-state index in [1.54, 1.807) is 0 Å². The molecule has 0 aromatic carbocycles. The van der Waals surface area contributed by atoms with Crippen molar-refractivity contribution in [1.29, 1.82) is 0 Å². The first-order chi connectivity index (χ1) is 8.29. The molecule has 1 saturated heterocycles. The molecule has 0 spiro atoms. The number of nitrogens with two attached hydrogens (primary N) is 1. The first-order valence-electron chi connectivity index (χ1n) is 6.67. The second-order valence-corrected chi connectivity index (χ2v) is 5.22. The minimum atomic E-state index is 0.692. The molecule has 2 heterocycles. The van der Waals surface area contributed by atoms with Gasteiger partial charge in [0.15, 0.2) is 0 Å². The Labute approximate surface area is 104 Å². The number of aryl methyl sites for hydroxylation is 1. The van der Waals surface area contributed by atoms with E-state index in [-0.39, 0.29) is 0 Å². The predicted octanol–water partition coefficient (Wildman–Crippen LogP) is 1.19. The minimum Gasteiger partial charge on any atom is -0.337 e. The number of hydrogen-bond acceptors (Lipinski definition) is 3. The molecule has 2 atom stereocenters. The summed E-state index contributed by atoms with van der Waals surface area (Å²) in [6.07, 6.45) is 8.25. The Morgan fingerprint density at radius 3 is 3.00 bits per heavy atom. The predicted molar refractivity (Wildman–Crippen MR) is 69.6 cm³/mol. The van der Waals surface area contributed by atoms with Crippen LogP contribution in [-0.2, 0) is 6.54 Å². The zero-order chi connectivity index (χ0) is 12.1. The number of piperidine rings is 1. The number of aromatic nitrogens is 2. The Balaban J connectivity index is 1.69. The summed E-state index contributed by atoms with van der Waals surface area (Å²) in [5.41, 5.74) is 5.82. The van der Waals surface area contributed by atoms with Gasteiger partial charge in [0.05, 0.1) is 6.33 Å². The van der Waals surface area contributed by atoms with E-state index >= 15 is 0 Å². The lowest BCUT2D eigenvalue weighted by atomic mass is 9.87. The van der Waals surface area contributed by atoms with E-state index in [9.17, 15) is 0 Å².